The molecule has 10 heteroatoms. The lowest BCUT2D eigenvalue weighted by molar-refractivity contribution is 0.103. The number of hydrogen-bond donors (Lipinski definition) is 1. The predicted octanol–water partition coefficient (Wildman–Crippen LogP) is 3.44. The monoisotopic (exact) mass is 446 g/mol. The third-order valence-electron chi connectivity index (χ3n) is 3.83. The fourth-order valence-electron chi connectivity index (χ4n) is 2.55. The van der Waals surface area contributed by atoms with Gasteiger partial charge in [-0.3, -0.25) is 4.79 Å². The van der Waals surface area contributed by atoms with Gasteiger partial charge in [0.25, 0.3) is 0 Å². The maximum atomic E-state index is 12.4. The second kappa shape index (κ2) is 8.27. The van der Waals surface area contributed by atoms with Gasteiger partial charge in [0.05, 0.1) is 14.9 Å². The topological polar surface area (TPSA) is 129 Å². The zero-order chi connectivity index (χ0) is 21.9. The number of ketones is 1. The van der Waals surface area contributed by atoms with Gasteiger partial charge in [0, 0.05) is 23.4 Å². The summed E-state index contributed by atoms with van der Waals surface area (Å²) in [4.78, 5) is 11.7. The zero-order valence-electron chi connectivity index (χ0n) is 15.6. The van der Waals surface area contributed by atoms with Gasteiger partial charge >= 0.3 is 0 Å². The van der Waals surface area contributed by atoms with Crippen LogP contribution in [0.2, 0.25) is 0 Å². The van der Waals surface area contributed by atoms with Gasteiger partial charge in [-0.25, -0.2) is 16.8 Å². The lowest BCUT2D eigenvalue weighted by atomic mass is 10.0. The Kier molecular flexibility index (Phi) is 5.92. The fourth-order valence-corrected chi connectivity index (χ4v) is 4.89. The van der Waals surface area contributed by atoms with Crippen molar-refractivity contribution >= 4 is 25.8 Å². The number of phenols is 1. The van der Waals surface area contributed by atoms with E-state index in [1.807, 2.05) is 6.07 Å². The van der Waals surface area contributed by atoms with Crippen LogP contribution in [0.25, 0.3) is 4.13 Å². The van der Waals surface area contributed by atoms with Crippen molar-refractivity contribution in [3.63, 3.8) is 0 Å². The summed E-state index contributed by atoms with van der Waals surface area (Å²) in [6.07, 6.45) is 0.625. The Labute approximate surface area is 173 Å². The number of hydrogen-bond acceptors (Lipinski definition) is 7. The maximum absolute atomic E-state index is 12.4. The van der Waals surface area contributed by atoms with Crippen LogP contribution in [0, 0.1) is 0 Å². The highest BCUT2D eigenvalue weighted by atomic mass is 32.3. The minimum absolute atomic E-state index is 0.0252. The van der Waals surface area contributed by atoms with Crippen molar-refractivity contribution < 1.29 is 31.5 Å². The van der Waals surface area contributed by atoms with Gasteiger partial charge in [-0.1, -0.05) is 30.3 Å². The van der Waals surface area contributed by atoms with E-state index in [4.69, 9.17) is 4.74 Å². The van der Waals surface area contributed by atoms with Gasteiger partial charge in [-0.05, 0) is 36.4 Å². The van der Waals surface area contributed by atoms with Crippen LogP contribution in [0.4, 0.5) is 0 Å². The van der Waals surface area contributed by atoms with E-state index in [0.29, 0.717) is 23.1 Å². The van der Waals surface area contributed by atoms with Crippen molar-refractivity contribution in [1.82, 2.24) is 0 Å². The molecule has 3 aromatic carbocycles. The van der Waals surface area contributed by atoms with Crippen molar-refractivity contribution in [2.45, 2.75) is 4.90 Å². The predicted molar refractivity (Wildman–Crippen MR) is 110 cm³/mol. The highest BCUT2D eigenvalue weighted by molar-refractivity contribution is 8.12. The molecule has 0 radical (unpaired) electrons. The standard InChI is InChI=1S/C20H16NO7S2/c1-29(24,25)21-30(26,27)19-13-17(11-12-18(19)22)28-16-9-7-15(8-10-16)20(23)14-5-3-2-4-6-14/h2-13,22H,1H3/q-1. The maximum Gasteiger partial charge on any atom is 0.193 e. The van der Waals surface area contributed by atoms with E-state index >= 15 is 0 Å². The molecule has 0 aromatic heterocycles. The molecule has 8 nitrogen and oxygen atoms in total. The van der Waals surface area contributed by atoms with Crippen molar-refractivity contribution in [1.29, 1.82) is 0 Å². The zero-order valence-corrected chi connectivity index (χ0v) is 17.2. The molecule has 0 amide bonds. The number of carbonyl (C=O) groups excluding carboxylic acids is 1. The average Bonchev–Trinajstić information content (AvgIpc) is 2.68. The molecule has 0 heterocycles. The van der Waals surface area contributed by atoms with Crippen LogP contribution in [0.5, 0.6) is 17.2 Å². The Morgan fingerprint density at radius 1 is 0.833 bits per heavy atom. The number of benzene rings is 3. The Morgan fingerprint density at radius 3 is 2.00 bits per heavy atom. The molecule has 0 unspecified atom stereocenters. The molecule has 3 rings (SSSR count). The molecular formula is C20H16NO7S2-. The van der Waals surface area contributed by atoms with Gasteiger partial charge in [0.1, 0.15) is 27.3 Å². The molecule has 0 atom stereocenters. The van der Waals surface area contributed by atoms with Crippen molar-refractivity contribution in [3.05, 3.63) is 88.1 Å². The highest BCUT2D eigenvalue weighted by Crippen LogP contribution is 2.33. The van der Waals surface area contributed by atoms with E-state index in [0.717, 1.165) is 12.1 Å². The van der Waals surface area contributed by atoms with Crippen LogP contribution in [0.1, 0.15) is 15.9 Å². The molecular weight excluding hydrogens is 430 g/mol. The van der Waals surface area contributed by atoms with Crippen LogP contribution in [0.3, 0.4) is 0 Å². The molecule has 0 spiro atoms. The highest BCUT2D eigenvalue weighted by Gasteiger charge is 2.15. The summed E-state index contributed by atoms with van der Waals surface area (Å²) in [7, 11) is -8.85. The number of nitrogens with zero attached hydrogens (tertiary/aromatic N) is 1. The smallest absolute Gasteiger partial charge is 0.193 e. The van der Waals surface area contributed by atoms with Crippen molar-refractivity contribution in [3.8, 4) is 17.2 Å². The SMILES string of the molecule is CS(=O)(=O)[N-]S(=O)(=O)c1cc(Oc2ccc(C(=O)c3ccccc3)cc2)ccc1O. The molecule has 0 fully saturated rings. The van der Waals surface area contributed by atoms with Crippen LogP contribution < -0.4 is 4.74 Å². The quantitative estimate of drug-likeness (QED) is 0.550. The third-order valence-corrected chi connectivity index (χ3v) is 6.58. The normalized spacial score (nSPS) is 11.8. The second-order valence-electron chi connectivity index (χ2n) is 6.23. The minimum atomic E-state index is -4.65. The van der Waals surface area contributed by atoms with Gasteiger partial charge < -0.3 is 14.0 Å². The number of carbonyl (C=O) groups is 1. The van der Waals surface area contributed by atoms with Gasteiger partial charge in [-0.15, -0.1) is 0 Å². The Bertz CT molecular complexity index is 1280. The fraction of sp³-hybridized carbons (Fsp3) is 0.0500. The number of phenolic OH excluding ortho intramolecular Hbond substituents is 1. The van der Waals surface area contributed by atoms with E-state index in [9.17, 15) is 26.7 Å². The Morgan fingerprint density at radius 2 is 1.40 bits per heavy atom. The molecule has 30 heavy (non-hydrogen) atoms. The number of ether oxygens (including phenoxy) is 1. The van der Waals surface area contributed by atoms with Crippen LogP contribution in [-0.4, -0.2) is 34.0 Å². The number of aromatic hydroxyl groups is 1. The van der Waals surface area contributed by atoms with Crippen molar-refractivity contribution in [2.24, 2.45) is 0 Å². The second-order valence-corrected chi connectivity index (χ2v) is 9.69. The molecule has 3 aromatic rings. The van der Waals surface area contributed by atoms with Crippen LogP contribution >= 0.6 is 0 Å². The summed E-state index contributed by atoms with van der Waals surface area (Å²) < 4.78 is 55.0. The van der Waals surface area contributed by atoms with Gasteiger partial charge in [0.2, 0.25) is 0 Å². The van der Waals surface area contributed by atoms with Crippen LogP contribution in [0.15, 0.2) is 77.7 Å². The molecule has 0 aliphatic heterocycles. The van der Waals surface area contributed by atoms with Gasteiger partial charge in [-0.2, -0.15) is 0 Å². The van der Waals surface area contributed by atoms with Crippen LogP contribution in [-0.2, 0) is 20.0 Å². The van der Waals surface area contributed by atoms with E-state index < -0.39 is 30.7 Å². The summed E-state index contributed by atoms with van der Waals surface area (Å²) in [6, 6.07) is 18.2. The molecule has 0 saturated heterocycles. The first-order valence-electron chi connectivity index (χ1n) is 8.45. The summed E-state index contributed by atoms with van der Waals surface area (Å²) >= 11 is 0. The molecule has 156 valence electrons. The van der Waals surface area contributed by atoms with E-state index in [1.165, 1.54) is 18.2 Å². The summed E-state index contributed by atoms with van der Waals surface area (Å²) in [6.45, 7) is 0. The molecule has 0 aliphatic carbocycles. The number of sulfonamides is 2. The molecule has 0 bridgehead atoms. The summed E-state index contributed by atoms with van der Waals surface area (Å²) in [5.41, 5.74) is 0.976. The largest absolute Gasteiger partial charge is 0.507 e. The van der Waals surface area contributed by atoms with E-state index in [1.54, 1.807) is 36.4 Å². The van der Waals surface area contributed by atoms with Crippen molar-refractivity contribution in [2.75, 3.05) is 6.26 Å². The first kappa shape index (κ1) is 21.5. The average molecular weight is 446 g/mol. The third kappa shape index (κ3) is 5.23. The van der Waals surface area contributed by atoms with E-state index in [-0.39, 0.29) is 11.5 Å². The first-order chi connectivity index (χ1) is 14.0. The molecule has 0 saturated carbocycles. The summed E-state index contributed by atoms with van der Waals surface area (Å²) in [5.74, 6) is -0.507. The van der Waals surface area contributed by atoms with Gasteiger partial charge in [0.15, 0.2) is 5.78 Å². The number of rotatable bonds is 7. The minimum Gasteiger partial charge on any atom is -0.507 e. The van der Waals surface area contributed by atoms with E-state index in [2.05, 4.69) is 4.13 Å². The molecule has 0 aliphatic rings. The lowest BCUT2D eigenvalue weighted by Crippen LogP contribution is -2.06. The Hall–Kier alpha value is -3.21. The molecule has 1 N–H and O–H groups in total. The lowest BCUT2D eigenvalue weighted by Gasteiger charge is -2.19. The first-order valence-corrected chi connectivity index (χ1v) is 11.7. The summed E-state index contributed by atoms with van der Waals surface area (Å²) in [5, 5.41) is 9.81. The Balaban J connectivity index is 1.83.